The van der Waals surface area contributed by atoms with Crippen molar-refractivity contribution in [3.8, 4) is 22.4 Å². The predicted molar refractivity (Wildman–Crippen MR) is 162 cm³/mol. The Morgan fingerprint density at radius 1 is 0.762 bits per heavy atom. The molecule has 0 N–H and O–H groups in total. The summed E-state index contributed by atoms with van der Waals surface area (Å²) >= 11 is 0. The zero-order valence-corrected chi connectivity index (χ0v) is 23.3. The zero-order valence-electron chi connectivity index (χ0n) is 23.3. The molecule has 7 nitrogen and oxygen atoms in total. The van der Waals surface area contributed by atoms with Crippen molar-refractivity contribution >= 4 is 12.0 Å². The van der Waals surface area contributed by atoms with Crippen molar-refractivity contribution in [1.29, 1.82) is 0 Å². The molecule has 1 aliphatic heterocycles. The third kappa shape index (κ3) is 6.31. The number of carbonyl (C=O) groups excluding carboxylic acids is 2. The van der Waals surface area contributed by atoms with Crippen LogP contribution in [0.2, 0.25) is 0 Å². The fourth-order valence-electron chi connectivity index (χ4n) is 5.44. The average molecular weight is 557 g/mol. The number of carbonyl (C=O) groups is 2. The maximum absolute atomic E-state index is 13.4. The molecule has 6 rings (SSSR count). The van der Waals surface area contributed by atoms with Gasteiger partial charge in [0.15, 0.2) is 0 Å². The second-order valence-corrected chi connectivity index (χ2v) is 10.6. The van der Waals surface area contributed by atoms with E-state index in [9.17, 15) is 9.59 Å². The molecule has 1 aromatic heterocycles. The lowest BCUT2D eigenvalue weighted by molar-refractivity contribution is 0.0472. The minimum Gasteiger partial charge on any atom is -0.457 e. The molecule has 0 aliphatic carbocycles. The van der Waals surface area contributed by atoms with Crippen molar-refractivity contribution < 1.29 is 14.3 Å². The number of aromatic nitrogens is 3. The summed E-state index contributed by atoms with van der Waals surface area (Å²) in [6.07, 6.45) is 5.63. The van der Waals surface area contributed by atoms with Crippen LogP contribution < -0.4 is 0 Å². The fraction of sp³-hybridized carbons (Fsp3) is 0.200. The highest BCUT2D eigenvalue weighted by Gasteiger charge is 2.28. The molecule has 2 heterocycles. The van der Waals surface area contributed by atoms with E-state index < -0.39 is 0 Å². The third-order valence-electron chi connectivity index (χ3n) is 7.70. The van der Waals surface area contributed by atoms with E-state index in [-0.39, 0.29) is 24.6 Å². The van der Waals surface area contributed by atoms with Gasteiger partial charge in [-0.3, -0.25) is 0 Å². The lowest BCUT2D eigenvalue weighted by atomic mass is 9.96. The standard InChI is InChI=1S/C35H32N4O3/c40-34(42-25-27-12-5-2-6-13-27)31-15-9-14-30(23-31)28-17-19-29(20-18-28)33-24-39(37-36-33)35(41)38-21-8-7-16-32(38)22-26-10-3-1-4-11-26/h1-6,9-15,17-20,23-24,32H,7-8,16,21-22,25H2. The molecule has 0 saturated carbocycles. The van der Waals surface area contributed by atoms with Gasteiger partial charge in [-0.25, -0.2) is 9.59 Å². The minimum absolute atomic E-state index is 0.137. The van der Waals surface area contributed by atoms with E-state index in [0.717, 1.165) is 54.5 Å². The van der Waals surface area contributed by atoms with Gasteiger partial charge in [0.1, 0.15) is 12.3 Å². The zero-order chi connectivity index (χ0) is 28.7. The maximum Gasteiger partial charge on any atom is 0.346 e. The van der Waals surface area contributed by atoms with Crippen molar-refractivity contribution in [3.63, 3.8) is 0 Å². The van der Waals surface area contributed by atoms with E-state index >= 15 is 0 Å². The molecule has 1 saturated heterocycles. The molecule has 210 valence electrons. The largest absolute Gasteiger partial charge is 0.457 e. The predicted octanol–water partition coefficient (Wildman–Crippen LogP) is 7.03. The average Bonchev–Trinajstić information content (AvgIpc) is 3.55. The van der Waals surface area contributed by atoms with Gasteiger partial charge >= 0.3 is 12.0 Å². The summed E-state index contributed by atoms with van der Waals surface area (Å²) < 4.78 is 6.85. The first-order valence-corrected chi connectivity index (χ1v) is 14.3. The van der Waals surface area contributed by atoms with Crippen LogP contribution in [-0.4, -0.2) is 44.5 Å². The molecule has 1 atom stereocenters. The lowest BCUT2D eigenvalue weighted by Crippen LogP contribution is -2.46. The molecule has 1 fully saturated rings. The molecule has 4 aromatic carbocycles. The Balaban J connectivity index is 1.12. The van der Waals surface area contributed by atoms with Crippen LogP contribution in [0.3, 0.4) is 0 Å². The molecular weight excluding hydrogens is 524 g/mol. The highest BCUT2D eigenvalue weighted by molar-refractivity contribution is 5.91. The van der Waals surface area contributed by atoms with Crippen molar-refractivity contribution in [2.24, 2.45) is 0 Å². The Kier molecular flexibility index (Phi) is 8.17. The summed E-state index contributed by atoms with van der Waals surface area (Å²) in [5.41, 5.74) is 6.02. The number of likely N-dealkylation sites (tertiary alicyclic amines) is 1. The van der Waals surface area contributed by atoms with Crippen LogP contribution in [0.4, 0.5) is 4.79 Å². The van der Waals surface area contributed by atoms with Crippen LogP contribution in [0, 0.1) is 0 Å². The van der Waals surface area contributed by atoms with Gasteiger partial charge in [0.25, 0.3) is 0 Å². The summed E-state index contributed by atoms with van der Waals surface area (Å²) in [5.74, 6) is -0.363. The van der Waals surface area contributed by atoms with Crippen molar-refractivity contribution in [3.05, 3.63) is 132 Å². The maximum atomic E-state index is 13.4. The molecule has 1 unspecified atom stereocenters. The van der Waals surface area contributed by atoms with E-state index in [0.29, 0.717) is 11.3 Å². The fourth-order valence-corrected chi connectivity index (χ4v) is 5.44. The monoisotopic (exact) mass is 556 g/mol. The topological polar surface area (TPSA) is 77.3 Å². The summed E-state index contributed by atoms with van der Waals surface area (Å²) in [6.45, 7) is 0.951. The van der Waals surface area contributed by atoms with E-state index in [2.05, 4.69) is 22.4 Å². The molecule has 7 heteroatoms. The number of benzene rings is 4. The Bertz CT molecular complexity index is 1650. The second kappa shape index (κ2) is 12.6. The second-order valence-electron chi connectivity index (χ2n) is 10.6. The normalized spacial score (nSPS) is 14.9. The van der Waals surface area contributed by atoms with Gasteiger partial charge in [-0.15, -0.1) is 5.10 Å². The molecule has 42 heavy (non-hydrogen) atoms. The number of esters is 1. The molecule has 0 bridgehead atoms. The van der Waals surface area contributed by atoms with Crippen LogP contribution in [0.15, 0.2) is 115 Å². The Labute approximate surface area is 245 Å². The number of hydrogen-bond donors (Lipinski definition) is 0. The Morgan fingerprint density at radius 2 is 1.48 bits per heavy atom. The SMILES string of the molecule is O=C(OCc1ccccc1)c1cccc(-c2ccc(-c3cn(C(=O)N4CCCCC4Cc4ccccc4)nn3)cc2)c1. The van der Waals surface area contributed by atoms with Gasteiger partial charge in [0.2, 0.25) is 0 Å². The van der Waals surface area contributed by atoms with Crippen LogP contribution in [0.1, 0.15) is 40.7 Å². The molecule has 1 aliphatic rings. The van der Waals surface area contributed by atoms with E-state index in [1.54, 1.807) is 12.3 Å². The first-order valence-electron chi connectivity index (χ1n) is 14.3. The third-order valence-corrected chi connectivity index (χ3v) is 7.70. The molecule has 5 aromatic rings. The number of piperidine rings is 1. The van der Waals surface area contributed by atoms with Crippen LogP contribution in [-0.2, 0) is 17.8 Å². The smallest absolute Gasteiger partial charge is 0.346 e. The summed E-state index contributed by atoms with van der Waals surface area (Å²) in [7, 11) is 0. The van der Waals surface area contributed by atoms with Crippen molar-refractivity contribution in [2.45, 2.75) is 38.3 Å². The van der Waals surface area contributed by atoms with Crippen LogP contribution in [0.5, 0.6) is 0 Å². The van der Waals surface area contributed by atoms with Gasteiger partial charge in [0.05, 0.1) is 11.8 Å². The number of rotatable bonds is 7. The summed E-state index contributed by atoms with van der Waals surface area (Å²) in [4.78, 5) is 28.0. The molecule has 1 amide bonds. The summed E-state index contributed by atoms with van der Waals surface area (Å²) in [5, 5.41) is 8.48. The molecule has 0 radical (unpaired) electrons. The molecule has 0 spiro atoms. The highest BCUT2D eigenvalue weighted by atomic mass is 16.5. The molecular formula is C35H32N4O3. The van der Waals surface area contributed by atoms with Crippen molar-refractivity contribution in [2.75, 3.05) is 6.54 Å². The number of amides is 1. The van der Waals surface area contributed by atoms with E-state index in [1.165, 1.54) is 10.2 Å². The van der Waals surface area contributed by atoms with Gasteiger partial charge in [-0.2, -0.15) is 4.68 Å². The van der Waals surface area contributed by atoms with E-state index in [4.69, 9.17) is 4.74 Å². The van der Waals surface area contributed by atoms with E-state index in [1.807, 2.05) is 95.9 Å². The van der Waals surface area contributed by atoms with Crippen molar-refractivity contribution in [1.82, 2.24) is 19.9 Å². The quantitative estimate of drug-likeness (QED) is 0.201. The number of ether oxygens (including phenoxy) is 1. The van der Waals surface area contributed by atoms with Gasteiger partial charge < -0.3 is 9.64 Å². The van der Waals surface area contributed by atoms with Gasteiger partial charge in [-0.1, -0.05) is 102 Å². The Morgan fingerprint density at radius 3 is 2.24 bits per heavy atom. The lowest BCUT2D eigenvalue weighted by Gasteiger charge is -2.35. The minimum atomic E-state index is -0.363. The highest BCUT2D eigenvalue weighted by Crippen LogP contribution is 2.26. The van der Waals surface area contributed by atoms with Crippen LogP contribution in [0.25, 0.3) is 22.4 Å². The number of hydrogen-bond acceptors (Lipinski definition) is 5. The summed E-state index contributed by atoms with van der Waals surface area (Å²) in [6, 6.07) is 35.2. The Hall–Kier alpha value is -5.04. The van der Waals surface area contributed by atoms with Gasteiger partial charge in [0, 0.05) is 18.2 Å². The first-order chi connectivity index (χ1) is 20.6. The first kappa shape index (κ1) is 27.1. The number of nitrogens with zero attached hydrogens (tertiary/aromatic N) is 4. The van der Waals surface area contributed by atoms with Crippen LogP contribution >= 0.6 is 0 Å². The van der Waals surface area contributed by atoms with Gasteiger partial charge in [-0.05, 0) is 60.1 Å².